The van der Waals surface area contributed by atoms with Crippen molar-refractivity contribution in [2.75, 3.05) is 5.73 Å². The number of anilines is 1. The highest BCUT2D eigenvalue weighted by Gasteiger charge is 2.03. The van der Waals surface area contributed by atoms with E-state index in [4.69, 9.17) is 5.73 Å². The molecule has 0 bridgehead atoms. The fraction of sp³-hybridized carbons (Fsp3) is 0. The van der Waals surface area contributed by atoms with Crippen LogP contribution in [0.4, 0.5) is 5.82 Å². The van der Waals surface area contributed by atoms with E-state index in [-0.39, 0.29) is 0 Å². The van der Waals surface area contributed by atoms with Crippen LogP contribution in [0.5, 0.6) is 0 Å². The van der Waals surface area contributed by atoms with Gasteiger partial charge in [-0.25, -0.2) is 4.98 Å². The largest absolute Gasteiger partial charge is 0.383 e. The molecule has 0 aliphatic rings. The van der Waals surface area contributed by atoms with Crippen molar-refractivity contribution < 1.29 is 0 Å². The lowest BCUT2D eigenvalue weighted by Crippen LogP contribution is -1.92. The number of nitrogens with zero attached hydrogens (tertiary/aromatic N) is 2. The highest BCUT2D eigenvalue weighted by molar-refractivity contribution is 9.11. The summed E-state index contributed by atoms with van der Waals surface area (Å²) in [6.07, 6.45) is 3.51. The molecule has 2 heterocycles. The van der Waals surface area contributed by atoms with Gasteiger partial charge in [0.05, 0.1) is 10.7 Å². The minimum Gasteiger partial charge on any atom is -0.383 e. The Hall–Kier alpha value is -0.550. The van der Waals surface area contributed by atoms with E-state index in [1.807, 2.05) is 16.7 Å². The minimum atomic E-state index is 0.631. The Labute approximate surface area is 85.8 Å². The van der Waals surface area contributed by atoms with Crippen molar-refractivity contribution in [2.24, 2.45) is 0 Å². The first-order valence-electron chi connectivity index (χ1n) is 3.26. The average Bonchev–Trinajstić information content (AvgIpc) is 2.33. The summed E-state index contributed by atoms with van der Waals surface area (Å²) < 4.78 is 3.70. The zero-order chi connectivity index (χ0) is 8.72. The highest BCUT2D eigenvalue weighted by atomic mass is 79.9. The van der Waals surface area contributed by atoms with E-state index in [0.29, 0.717) is 5.82 Å². The SMILES string of the molecule is Nc1cnc2c(Br)cc(Br)cn12. The van der Waals surface area contributed by atoms with Crippen molar-refractivity contribution in [1.82, 2.24) is 9.38 Å². The van der Waals surface area contributed by atoms with Crippen LogP contribution in [0.25, 0.3) is 5.65 Å². The molecule has 2 N–H and O–H groups in total. The molecule has 3 nitrogen and oxygen atoms in total. The van der Waals surface area contributed by atoms with Crippen molar-refractivity contribution in [3.63, 3.8) is 0 Å². The molecule has 0 aromatic carbocycles. The van der Waals surface area contributed by atoms with E-state index >= 15 is 0 Å². The molecule has 62 valence electrons. The summed E-state index contributed by atoms with van der Waals surface area (Å²) in [7, 11) is 0. The van der Waals surface area contributed by atoms with E-state index in [0.717, 1.165) is 14.6 Å². The van der Waals surface area contributed by atoms with Gasteiger partial charge in [0, 0.05) is 10.7 Å². The Bertz CT molecular complexity index is 435. The quantitative estimate of drug-likeness (QED) is 0.810. The Balaban J connectivity index is 2.92. The molecule has 0 spiro atoms. The lowest BCUT2D eigenvalue weighted by molar-refractivity contribution is 1.17. The van der Waals surface area contributed by atoms with E-state index in [1.165, 1.54) is 0 Å². The minimum absolute atomic E-state index is 0.631. The molecule has 2 rings (SSSR count). The maximum Gasteiger partial charge on any atom is 0.152 e. The van der Waals surface area contributed by atoms with Crippen molar-refractivity contribution in [2.45, 2.75) is 0 Å². The molecule has 0 aliphatic carbocycles. The summed E-state index contributed by atoms with van der Waals surface area (Å²) in [5, 5.41) is 0. The van der Waals surface area contributed by atoms with Gasteiger partial charge in [0.25, 0.3) is 0 Å². The Kier molecular flexibility index (Phi) is 1.84. The third kappa shape index (κ3) is 1.13. The molecule has 2 aromatic rings. The Morgan fingerprint density at radius 1 is 1.42 bits per heavy atom. The number of rotatable bonds is 0. The van der Waals surface area contributed by atoms with Gasteiger partial charge in [-0.15, -0.1) is 0 Å². The fourth-order valence-corrected chi connectivity index (χ4v) is 2.31. The highest BCUT2D eigenvalue weighted by Crippen LogP contribution is 2.23. The third-order valence-corrected chi connectivity index (χ3v) is 2.57. The summed E-state index contributed by atoms with van der Waals surface area (Å²) >= 11 is 6.76. The van der Waals surface area contributed by atoms with Crippen LogP contribution in [-0.4, -0.2) is 9.38 Å². The van der Waals surface area contributed by atoms with Crippen molar-refractivity contribution >= 4 is 43.3 Å². The summed E-state index contributed by atoms with van der Waals surface area (Å²) in [6, 6.07) is 1.93. The number of fused-ring (bicyclic) bond motifs is 1. The number of nitrogens with two attached hydrogens (primary N) is 1. The van der Waals surface area contributed by atoms with Crippen LogP contribution in [0.1, 0.15) is 0 Å². The molecule has 0 fully saturated rings. The van der Waals surface area contributed by atoms with Crippen LogP contribution in [0.3, 0.4) is 0 Å². The number of imidazole rings is 1. The molecule has 12 heavy (non-hydrogen) atoms. The van der Waals surface area contributed by atoms with Gasteiger partial charge in [-0.2, -0.15) is 0 Å². The fourth-order valence-electron chi connectivity index (χ4n) is 1.03. The zero-order valence-corrected chi connectivity index (χ0v) is 9.13. The van der Waals surface area contributed by atoms with Gasteiger partial charge in [0.2, 0.25) is 0 Å². The molecular weight excluding hydrogens is 286 g/mol. The second-order valence-electron chi connectivity index (χ2n) is 2.38. The van der Waals surface area contributed by atoms with Crippen LogP contribution in [-0.2, 0) is 0 Å². The van der Waals surface area contributed by atoms with Crippen LogP contribution >= 0.6 is 31.9 Å². The van der Waals surface area contributed by atoms with Crippen LogP contribution in [0, 0.1) is 0 Å². The molecule has 5 heteroatoms. The Morgan fingerprint density at radius 3 is 2.92 bits per heavy atom. The number of hydrogen-bond donors (Lipinski definition) is 1. The van der Waals surface area contributed by atoms with Gasteiger partial charge in [-0.05, 0) is 37.9 Å². The van der Waals surface area contributed by atoms with E-state index < -0.39 is 0 Å². The lowest BCUT2D eigenvalue weighted by atomic mass is 10.5. The predicted octanol–water partition coefficient (Wildman–Crippen LogP) is 2.44. The summed E-state index contributed by atoms with van der Waals surface area (Å²) in [5.74, 6) is 0.631. The summed E-state index contributed by atoms with van der Waals surface area (Å²) in [5.41, 5.74) is 6.50. The predicted molar refractivity (Wildman–Crippen MR) is 55.0 cm³/mol. The van der Waals surface area contributed by atoms with Gasteiger partial charge in [-0.1, -0.05) is 0 Å². The van der Waals surface area contributed by atoms with Crippen LogP contribution < -0.4 is 5.73 Å². The van der Waals surface area contributed by atoms with Gasteiger partial charge in [-0.3, -0.25) is 4.40 Å². The molecule has 0 unspecified atom stereocenters. The zero-order valence-electron chi connectivity index (χ0n) is 5.96. The monoisotopic (exact) mass is 289 g/mol. The number of hydrogen-bond acceptors (Lipinski definition) is 2. The van der Waals surface area contributed by atoms with Gasteiger partial charge in [0.1, 0.15) is 5.82 Å². The maximum atomic E-state index is 5.67. The molecule has 0 radical (unpaired) electrons. The topological polar surface area (TPSA) is 43.3 Å². The number of pyridine rings is 1. The van der Waals surface area contributed by atoms with E-state index in [9.17, 15) is 0 Å². The average molecular weight is 291 g/mol. The normalized spacial score (nSPS) is 10.8. The van der Waals surface area contributed by atoms with Crippen molar-refractivity contribution in [1.29, 1.82) is 0 Å². The summed E-state index contributed by atoms with van der Waals surface area (Å²) in [6.45, 7) is 0. The van der Waals surface area contributed by atoms with Crippen molar-refractivity contribution in [3.8, 4) is 0 Å². The molecule has 0 aliphatic heterocycles. The first-order chi connectivity index (χ1) is 5.68. The second kappa shape index (κ2) is 2.74. The first-order valence-corrected chi connectivity index (χ1v) is 4.84. The first kappa shape index (κ1) is 8.07. The molecule has 2 aromatic heterocycles. The van der Waals surface area contributed by atoms with Crippen LogP contribution in [0.15, 0.2) is 27.4 Å². The summed E-state index contributed by atoms with van der Waals surface area (Å²) in [4.78, 5) is 4.13. The molecule has 0 atom stereocenters. The molecule has 0 saturated heterocycles. The Morgan fingerprint density at radius 2 is 2.17 bits per heavy atom. The molecule has 0 saturated carbocycles. The van der Waals surface area contributed by atoms with E-state index in [1.54, 1.807) is 6.20 Å². The van der Waals surface area contributed by atoms with Gasteiger partial charge < -0.3 is 5.73 Å². The van der Waals surface area contributed by atoms with E-state index in [2.05, 4.69) is 36.8 Å². The smallest absolute Gasteiger partial charge is 0.152 e. The lowest BCUT2D eigenvalue weighted by Gasteiger charge is -1.98. The van der Waals surface area contributed by atoms with Crippen LogP contribution in [0.2, 0.25) is 0 Å². The third-order valence-electron chi connectivity index (χ3n) is 1.56. The standard InChI is InChI=1S/C7H5Br2N3/c8-4-1-5(9)7-11-2-6(10)12(7)3-4/h1-3H,10H2. The van der Waals surface area contributed by atoms with Crippen molar-refractivity contribution in [3.05, 3.63) is 27.4 Å². The number of aromatic nitrogens is 2. The molecule has 0 amide bonds. The maximum absolute atomic E-state index is 5.67. The molecular formula is C7H5Br2N3. The number of nitrogen functional groups attached to an aromatic ring is 1. The van der Waals surface area contributed by atoms with Gasteiger partial charge in [0.15, 0.2) is 5.65 Å². The second-order valence-corrected chi connectivity index (χ2v) is 4.15. The van der Waals surface area contributed by atoms with Gasteiger partial charge >= 0.3 is 0 Å². The number of halogens is 2.